The van der Waals surface area contributed by atoms with Crippen LogP contribution in [-0.2, 0) is 0 Å². The number of aromatic nitrogens is 1. The zero-order chi connectivity index (χ0) is 14.0. The monoisotopic (exact) mass is 282 g/mol. The average Bonchev–Trinajstić information content (AvgIpc) is 2.38. The minimum atomic E-state index is -0.0160. The van der Waals surface area contributed by atoms with Crippen molar-refractivity contribution in [3.8, 4) is 0 Å². The SMILES string of the molecule is CC1CCCC(C)N1C(=O)c1cnc(NN)c(Cl)c1. The number of nitrogens with zero attached hydrogens (tertiary/aromatic N) is 2. The smallest absolute Gasteiger partial charge is 0.255 e. The predicted octanol–water partition coefficient (Wildman–Crippen LogP) is 2.42. The number of halogens is 1. The summed E-state index contributed by atoms with van der Waals surface area (Å²) < 4.78 is 0. The number of anilines is 1. The van der Waals surface area contributed by atoms with E-state index in [1.54, 1.807) is 6.07 Å². The maximum Gasteiger partial charge on any atom is 0.255 e. The van der Waals surface area contributed by atoms with Gasteiger partial charge in [-0.1, -0.05) is 11.6 Å². The van der Waals surface area contributed by atoms with Gasteiger partial charge in [0.05, 0.1) is 10.6 Å². The first-order chi connectivity index (χ1) is 9.04. The number of nitrogens with one attached hydrogen (secondary N) is 1. The Kier molecular flexibility index (Phi) is 4.27. The summed E-state index contributed by atoms with van der Waals surface area (Å²) in [4.78, 5) is 18.5. The number of nitrogens with two attached hydrogens (primary N) is 1. The third kappa shape index (κ3) is 2.82. The lowest BCUT2D eigenvalue weighted by Gasteiger charge is -2.39. The van der Waals surface area contributed by atoms with Gasteiger partial charge < -0.3 is 10.3 Å². The molecule has 6 heteroatoms. The number of amides is 1. The quantitative estimate of drug-likeness (QED) is 0.645. The van der Waals surface area contributed by atoms with Crippen molar-refractivity contribution in [2.24, 2.45) is 5.84 Å². The van der Waals surface area contributed by atoms with E-state index >= 15 is 0 Å². The van der Waals surface area contributed by atoms with Gasteiger partial charge in [0, 0.05) is 18.3 Å². The molecule has 1 aliphatic heterocycles. The second-order valence-corrected chi connectivity index (χ2v) is 5.45. The molecular weight excluding hydrogens is 264 g/mol. The lowest BCUT2D eigenvalue weighted by molar-refractivity contribution is 0.0510. The summed E-state index contributed by atoms with van der Waals surface area (Å²) in [6.45, 7) is 4.16. The van der Waals surface area contributed by atoms with E-state index in [1.165, 1.54) is 12.6 Å². The van der Waals surface area contributed by atoms with E-state index in [9.17, 15) is 4.79 Å². The molecule has 2 heterocycles. The van der Waals surface area contributed by atoms with Crippen LogP contribution in [-0.4, -0.2) is 27.9 Å². The number of hydrogen-bond acceptors (Lipinski definition) is 4. The van der Waals surface area contributed by atoms with E-state index in [-0.39, 0.29) is 18.0 Å². The molecule has 2 unspecified atom stereocenters. The van der Waals surface area contributed by atoms with Crippen molar-refractivity contribution in [1.82, 2.24) is 9.88 Å². The van der Waals surface area contributed by atoms with Crippen LogP contribution in [0.2, 0.25) is 5.02 Å². The standard InChI is InChI=1S/C13H19ClN4O/c1-8-4-3-5-9(2)18(8)13(19)10-6-11(14)12(17-15)16-7-10/h6-9H,3-5,15H2,1-2H3,(H,16,17). The third-order valence-corrected chi connectivity index (χ3v) is 3.94. The maximum atomic E-state index is 12.5. The van der Waals surface area contributed by atoms with Crippen molar-refractivity contribution in [2.75, 3.05) is 5.43 Å². The summed E-state index contributed by atoms with van der Waals surface area (Å²) in [6, 6.07) is 2.12. The van der Waals surface area contributed by atoms with Gasteiger partial charge in [0.15, 0.2) is 5.82 Å². The number of nitrogen functional groups attached to an aromatic ring is 1. The predicted molar refractivity (Wildman–Crippen MR) is 76.0 cm³/mol. The molecule has 19 heavy (non-hydrogen) atoms. The van der Waals surface area contributed by atoms with Crippen molar-refractivity contribution in [1.29, 1.82) is 0 Å². The van der Waals surface area contributed by atoms with Crippen LogP contribution in [0.1, 0.15) is 43.5 Å². The molecule has 0 radical (unpaired) electrons. The van der Waals surface area contributed by atoms with Gasteiger partial charge in [-0.15, -0.1) is 0 Å². The van der Waals surface area contributed by atoms with E-state index in [2.05, 4.69) is 24.3 Å². The molecule has 0 aromatic carbocycles. The van der Waals surface area contributed by atoms with Crippen molar-refractivity contribution >= 4 is 23.3 Å². The van der Waals surface area contributed by atoms with E-state index in [4.69, 9.17) is 17.4 Å². The number of hydrazine groups is 1. The van der Waals surface area contributed by atoms with E-state index in [0.717, 1.165) is 12.8 Å². The minimum Gasteiger partial charge on any atom is -0.333 e. The Morgan fingerprint density at radius 3 is 2.63 bits per heavy atom. The summed E-state index contributed by atoms with van der Waals surface area (Å²) in [7, 11) is 0. The summed E-state index contributed by atoms with van der Waals surface area (Å²) in [6.07, 6.45) is 4.76. The van der Waals surface area contributed by atoms with Crippen LogP contribution in [0, 0.1) is 0 Å². The molecule has 1 fully saturated rings. The largest absolute Gasteiger partial charge is 0.333 e. The third-order valence-electron chi connectivity index (χ3n) is 3.65. The van der Waals surface area contributed by atoms with Crippen LogP contribution in [0.3, 0.4) is 0 Å². The Morgan fingerprint density at radius 1 is 1.47 bits per heavy atom. The number of pyridine rings is 1. The Morgan fingerprint density at radius 2 is 2.11 bits per heavy atom. The molecule has 104 valence electrons. The molecule has 1 aromatic rings. The lowest BCUT2D eigenvalue weighted by atomic mass is 9.96. The van der Waals surface area contributed by atoms with Crippen LogP contribution in [0.25, 0.3) is 0 Å². The fourth-order valence-electron chi connectivity index (χ4n) is 2.63. The van der Waals surface area contributed by atoms with Crippen LogP contribution < -0.4 is 11.3 Å². The van der Waals surface area contributed by atoms with Gasteiger partial charge in [0.25, 0.3) is 5.91 Å². The van der Waals surface area contributed by atoms with Gasteiger partial charge in [-0.2, -0.15) is 0 Å². The van der Waals surface area contributed by atoms with Crippen molar-refractivity contribution < 1.29 is 4.79 Å². The van der Waals surface area contributed by atoms with Crippen molar-refractivity contribution in [2.45, 2.75) is 45.2 Å². The molecule has 0 bridgehead atoms. The zero-order valence-corrected chi connectivity index (χ0v) is 11.9. The maximum absolute atomic E-state index is 12.5. The molecule has 1 aromatic heterocycles. The first-order valence-corrected chi connectivity index (χ1v) is 6.87. The van der Waals surface area contributed by atoms with E-state index in [1.807, 2.05) is 4.90 Å². The van der Waals surface area contributed by atoms with Crippen molar-refractivity contribution in [3.63, 3.8) is 0 Å². The molecule has 0 saturated carbocycles. The highest BCUT2D eigenvalue weighted by Crippen LogP contribution is 2.26. The molecule has 1 aliphatic rings. The number of carbonyl (C=O) groups excluding carboxylic acids is 1. The molecule has 3 N–H and O–H groups in total. The minimum absolute atomic E-state index is 0.0160. The highest BCUT2D eigenvalue weighted by Gasteiger charge is 2.29. The van der Waals surface area contributed by atoms with E-state index < -0.39 is 0 Å². The normalized spacial score (nSPS) is 23.3. The Labute approximate surface area is 118 Å². The summed E-state index contributed by atoms with van der Waals surface area (Å²) in [5.41, 5.74) is 2.89. The van der Waals surface area contributed by atoms with Gasteiger partial charge >= 0.3 is 0 Å². The highest BCUT2D eigenvalue weighted by molar-refractivity contribution is 6.33. The fraction of sp³-hybridized carbons (Fsp3) is 0.538. The first-order valence-electron chi connectivity index (χ1n) is 6.49. The summed E-state index contributed by atoms with van der Waals surface area (Å²) in [5, 5.41) is 0.352. The van der Waals surface area contributed by atoms with Gasteiger partial charge in [-0.3, -0.25) is 4.79 Å². The number of carbonyl (C=O) groups is 1. The number of likely N-dealkylation sites (tertiary alicyclic amines) is 1. The summed E-state index contributed by atoms with van der Waals surface area (Å²) >= 11 is 6.01. The zero-order valence-electron chi connectivity index (χ0n) is 11.2. The second kappa shape index (κ2) is 5.75. The Bertz CT molecular complexity index is 470. The Balaban J connectivity index is 2.25. The molecule has 1 amide bonds. The van der Waals surface area contributed by atoms with Crippen molar-refractivity contribution in [3.05, 3.63) is 22.8 Å². The number of rotatable bonds is 2. The molecule has 2 atom stereocenters. The molecule has 0 aliphatic carbocycles. The van der Waals surface area contributed by atoms with Crippen LogP contribution in [0.5, 0.6) is 0 Å². The van der Waals surface area contributed by atoms with Gasteiger partial charge in [0.1, 0.15) is 0 Å². The lowest BCUT2D eigenvalue weighted by Crippen LogP contribution is -2.47. The number of hydrogen-bond donors (Lipinski definition) is 2. The number of piperidine rings is 1. The highest BCUT2D eigenvalue weighted by atomic mass is 35.5. The van der Waals surface area contributed by atoms with Crippen LogP contribution in [0.15, 0.2) is 12.3 Å². The first kappa shape index (κ1) is 14.1. The van der Waals surface area contributed by atoms with Gasteiger partial charge in [0.2, 0.25) is 0 Å². The summed E-state index contributed by atoms with van der Waals surface area (Å²) in [5.74, 6) is 5.63. The van der Waals surface area contributed by atoms with Crippen LogP contribution >= 0.6 is 11.6 Å². The molecule has 5 nitrogen and oxygen atoms in total. The molecule has 2 rings (SSSR count). The molecule has 0 spiro atoms. The molecule has 1 saturated heterocycles. The Hall–Kier alpha value is -1.33. The van der Waals surface area contributed by atoms with E-state index in [0.29, 0.717) is 16.4 Å². The fourth-order valence-corrected chi connectivity index (χ4v) is 2.85. The molecular formula is C13H19ClN4O. The topological polar surface area (TPSA) is 71.2 Å². The average molecular weight is 283 g/mol. The van der Waals surface area contributed by atoms with Crippen LogP contribution in [0.4, 0.5) is 5.82 Å². The second-order valence-electron chi connectivity index (χ2n) is 5.04. The van der Waals surface area contributed by atoms with Gasteiger partial charge in [-0.05, 0) is 39.2 Å². The van der Waals surface area contributed by atoms with Gasteiger partial charge in [-0.25, -0.2) is 10.8 Å².